The van der Waals surface area contributed by atoms with Crippen LogP contribution >= 0.6 is 15.9 Å². The standard InChI is InChI=1S/C9H9BrO/c1-3-11-9-6-8(10)5-4-7(9)2/h3-6H,1H2,2H3. The van der Waals surface area contributed by atoms with Crippen LogP contribution in [0.15, 0.2) is 35.5 Å². The van der Waals surface area contributed by atoms with Gasteiger partial charge in [0.25, 0.3) is 0 Å². The van der Waals surface area contributed by atoms with Crippen LogP contribution in [0.4, 0.5) is 0 Å². The molecule has 0 amide bonds. The topological polar surface area (TPSA) is 9.23 Å². The highest BCUT2D eigenvalue weighted by molar-refractivity contribution is 9.10. The molecule has 58 valence electrons. The van der Waals surface area contributed by atoms with Crippen molar-refractivity contribution in [2.45, 2.75) is 6.92 Å². The molecule has 0 heterocycles. The minimum Gasteiger partial charge on any atom is -0.465 e. The average Bonchev–Trinajstić information content (AvgIpc) is 1.98. The number of benzene rings is 1. The van der Waals surface area contributed by atoms with Crippen LogP contribution in [0.5, 0.6) is 5.75 Å². The average molecular weight is 213 g/mol. The number of hydrogen-bond acceptors (Lipinski definition) is 1. The van der Waals surface area contributed by atoms with Gasteiger partial charge >= 0.3 is 0 Å². The molecule has 0 atom stereocenters. The molecule has 0 spiro atoms. The molecule has 1 aromatic rings. The van der Waals surface area contributed by atoms with Gasteiger partial charge in [0.1, 0.15) is 5.75 Å². The largest absolute Gasteiger partial charge is 0.465 e. The van der Waals surface area contributed by atoms with Gasteiger partial charge in [-0.05, 0) is 24.6 Å². The molecule has 0 saturated heterocycles. The van der Waals surface area contributed by atoms with Crippen molar-refractivity contribution in [3.8, 4) is 5.75 Å². The zero-order chi connectivity index (χ0) is 8.27. The molecule has 0 aromatic heterocycles. The number of ether oxygens (including phenoxy) is 1. The second-order valence-electron chi connectivity index (χ2n) is 2.19. The van der Waals surface area contributed by atoms with Crippen molar-refractivity contribution in [2.75, 3.05) is 0 Å². The molecule has 1 nitrogen and oxygen atoms in total. The van der Waals surface area contributed by atoms with Gasteiger partial charge in [0.15, 0.2) is 0 Å². The molecule has 1 rings (SSSR count). The first-order valence-electron chi connectivity index (χ1n) is 3.28. The lowest BCUT2D eigenvalue weighted by Crippen LogP contribution is -1.84. The van der Waals surface area contributed by atoms with Crippen LogP contribution in [-0.4, -0.2) is 0 Å². The number of halogens is 1. The Morgan fingerprint density at radius 2 is 2.27 bits per heavy atom. The number of aryl methyl sites for hydroxylation is 1. The Morgan fingerprint density at radius 3 is 2.91 bits per heavy atom. The van der Waals surface area contributed by atoms with E-state index in [2.05, 4.69) is 22.5 Å². The Hall–Kier alpha value is -0.760. The van der Waals surface area contributed by atoms with Gasteiger partial charge in [0, 0.05) is 4.47 Å². The predicted molar refractivity (Wildman–Crippen MR) is 49.7 cm³/mol. The second-order valence-corrected chi connectivity index (χ2v) is 3.11. The molecule has 0 aliphatic rings. The highest BCUT2D eigenvalue weighted by Crippen LogP contribution is 2.22. The minimum absolute atomic E-state index is 0.842. The maximum Gasteiger partial charge on any atom is 0.130 e. The molecule has 11 heavy (non-hydrogen) atoms. The van der Waals surface area contributed by atoms with Crippen LogP contribution in [-0.2, 0) is 0 Å². The quantitative estimate of drug-likeness (QED) is 0.685. The first-order chi connectivity index (χ1) is 5.24. The summed E-state index contributed by atoms with van der Waals surface area (Å²) in [6, 6.07) is 5.88. The predicted octanol–water partition coefficient (Wildman–Crippen LogP) is 3.28. The molecule has 0 fully saturated rings. The third-order valence-corrected chi connectivity index (χ3v) is 1.85. The zero-order valence-corrected chi connectivity index (χ0v) is 7.89. The molecule has 0 radical (unpaired) electrons. The molecular formula is C9H9BrO. The van der Waals surface area contributed by atoms with Crippen molar-refractivity contribution >= 4 is 15.9 Å². The third-order valence-electron chi connectivity index (χ3n) is 1.36. The maximum absolute atomic E-state index is 5.15. The molecule has 1 aromatic carbocycles. The Morgan fingerprint density at radius 1 is 1.55 bits per heavy atom. The van der Waals surface area contributed by atoms with Crippen LogP contribution < -0.4 is 4.74 Å². The molecule has 0 bridgehead atoms. The Labute approximate surface area is 74.8 Å². The molecule has 0 unspecified atom stereocenters. The van der Waals surface area contributed by atoms with Crippen molar-refractivity contribution in [3.05, 3.63) is 41.1 Å². The van der Waals surface area contributed by atoms with Gasteiger partial charge in [-0.15, -0.1) is 0 Å². The third kappa shape index (κ3) is 2.09. The molecule has 0 saturated carbocycles. The Bertz CT molecular complexity index is 268. The van der Waals surface area contributed by atoms with Crippen LogP contribution in [0.1, 0.15) is 5.56 Å². The highest BCUT2D eigenvalue weighted by atomic mass is 79.9. The van der Waals surface area contributed by atoms with E-state index in [1.165, 1.54) is 6.26 Å². The molecule has 2 heteroatoms. The van der Waals surface area contributed by atoms with E-state index in [0.717, 1.165) is 15.8 Å². The lowest BCUT2D eigenvalue weighted by molar-refractivity contribution is 0.479. The van der Waals surface area contributed by atoms with Gasteiger partial charge < -0.3 is 4.74 Å². The second kappa shape index (κ2) is 3.58. The molecule has 0 N–H and O–H groups in total. The van der Waals surface area contributed by atoms with Crippen molar-refractivity contribution in [2.24, 2.45) is 0 Å². The van der Waals surface area contributed by atoms with Crippen LogP contribution in [0.3, 0.4) is 0 Å². The van der Waals surface area contributed by atoms with Crippen molar-refractivity contribution in [1.82, 2.24) is 0 Å². The number of hydrogen-bond donors (Lipinski definition) is 0. The van der Waals surface area contributed by atoms with E-state index in [1.807, 2.05) is 25.1 Å². The number of rotatable bonds is 2. The van der Waals surface area contributed by atoms with Gasteiger partial charge in [-0.2, -0.15) is 0 Å². The summed E-state index contributed by atoms with van der Waals surface area (Å²) in [5.74, 6) is 0.842. The monoisotopic (exact) mass is 212 g/mol. The van der Waals surface area contributed by atoms with Gasteiger partial charge in [-0.3, -0.25) is 0 Å². The van der Waals surface area contributed by atoms with E-state index in [9.17, 15) is 0 Å². The van der Waals surface area contributed by atoms with E-state index >= 15 is 0 Å². The van der Waals surface area contributed by atoms with E-state index < -0.39 is 0 Å². The van der Waals surface area contributed by atoms with Crippen LogP contribution in [0.2, 0.25) is 0 Å². The first-order valence-corrected chi connectivity index (χ1v) is 4.07. The lowest BCUT2D eigenvalue weighted by atomic mass is 10.2. The Balaban J connectivity index is 3.01. The summed E-state index contributed by atoms with van der Waals surface area (Å²) in [5.41, 5.74) is 1.10. The summed E-state index contributed by atoms with van der Waals surface area (Å²) in [4.78, 5) is 0. The summed E-state index contributed by atoms with van der Waals surface area (Å²) in [7, 11) is 0. The van der Waals surface area contributed by atoms with Crippen LogP contribution in [0.25, 0.3) is 0 Å². The fraction of sp³-hybridized carbons (Fsp3) is 0.111. The lowest BCUT2D eigenvalue weighted by Gasteiger charge is -2.03. The maximum atomic E-state index is 5.15. The van der Waals surface area contributed by atoms with E-state index in [4.69, 9.17) is 4.74 Å². The molecular weight excluding hydrogens is 204 g/mol. The normalized spacial score (nSPS) is 9.27. The summed E-state index contributed by atoms with van der Waals surface area (Å²) < 4.78 is 6.17. The van der Waals surface area contributed by atoms with Gasteiger partial charge in [0.05, 0.1) is 6.26 Å². The van der Waals surface area contributed by atoms with Crippen molar-refractivity contribution in [1.29, 1.82) is 0 Å². The van der Waals surface area contributed by atoms with Crippen LogP contribution in [0, 0.1) is 6.92 Å². The SMILES string of the molecule is C=COc1cc(Br)ccc1C. The van der Waals surface area contributed by atoms with Gasteiger partial charge in [-0.25, -0.2) is 0 Å². The first kappa shape index (κ1) is 8.34. The summed E-state index contributed by atoms with van der Waals surface area (Å²) in [5, 5.41) is 0. The summed E-state index contributed by atoms with van der Waals surface area (Å²) >= 11 is 3.35. The van der Waals surface area contributed by atoms with Crippen molar-refractivity contribution < 1.29 is 4.74 Å². The molecule has 0 aliphatic heterocycles. The fourth-order valence-corrected chi connectivity index (χ4v) is 1.13. The van der Waals surface area contributed by atoms with Gasteiger partial charge in [0.2, 0.25) is 0 Å². The van der Waals surface area contributed by atoms with Crippen molar-refractivity contribution in [3.63, 3.8) is 0 Å². The van der Waals surface area contributed by atoms with E-state index in [-0.39, 0.29) is 0 Å². The fourth-order valence-electron chi connectivity index (χ4n) is 0.791. The summed E-state index contributed by atoms with van der Waals surface area (Å²) in [6.07, 6.45) is 1.43. The highest BCUT2D eigenvalue weighted by Gasteiger charge is 1.97. The zero-order valence-electron chi connectivity index (χ0n) is 6.30. The van der Waals surface area contributed by atoms with E-state index in [0.29, 0.717) is 0 Å². The molecule has 0 aliphatic carbocycles. The summed E-state index contributed by atoms with van der Waals surface area (Å²) in [6.45, 7) is 5.48. The smallest absolute Gasteiger partial charge is 0.130 e. The minimum atomic E-state index is 0.842. The Kier molecular flexibility index (Phi) is 2.71. The van der Waals surface area contributed by atoms with Gasteiger partial charge in [-0.1, -0.05) is 28.6 Å². The van der Waals surface area contributed by atoms with E-state index in [1.54, 1.807) is 0 Å².